The molecule has 0 aliphatic rings. The first kappa shape index (κ1) is 23.9. The van der Waals surface area contributed by atoms with E-state index in [4.69, 9.17) is 9.47 Å². The summed E-state index contributed by atoms with van der Waals surface area (Å²) >= 11 is 0. The van der Waals surface area contributed by atoms with Crippen LogP contribution in [0.4, 0.5) is 0 Å². The maximum absolute atomic E-state index is 12.2. The summed E-state index contributed by atoms with van der Waals surface area (Å²) < 4.78 is 10.8. The van der Waals surface area contributed by atoms with E-state index in [0.29, 0.717) is 32.5 Å². The van der Waals surface area contributed by atoms with Crippen LogP contribution in [0.3, 0.4) is 0 Å². The van der Waals surface area contributed by atoms with E-state index in [1.165, 1.54) is 25.7 Å². The highest BCUT2D eigenvalue weighted by Gasteiger charge is 2.27. The Kier molecular flexibility index (Phi) is 15.7. The Labute approximate surface area is 155 Å². The molecule has 0 N–H and O–H groups in total. The highest BCUT2D eigenvalue weighted by Crippen LogP contribution is 2.22. The van der Waals surface area contributed by atoms with Crippen molar-refractivity contribution in [3.05, 3.63) is 0 Å². The number of hydrogen-bond acceptors (Lipinski definition) is 4. The summed E-state index contributed by atoms with van der Waals surface area (Å²) in [6.07, 6.45) is 10.7. The highest BCUT2D eigenvalue weighted by atomic mass is 16.5. The van der Waals surface area contributed by atoms with Gasteiger partial charge in [0.15, 0.2) is 0 Å². The van der Waals surface area contributed by atoms with E-state index in [1.54, 1.807) is 0 Å². The zero-order chi connectivity index (χ0) is 18.9. The van der Waals surface area contributed by atoms with Gasteiger partial charge in [-0.2, -0.15) is 0 Å². The molecule has 2 atom stereocenters. The van der Waals surface area contributed by atoms with Crippen molar-refractivity contribution >= 4 is 11.9 Å². The van der Waals surface area contributed by atoms with Crippen LogP contribution in [-0.2, 0) is 19.1 Å². The van der Waals surface area contributed by atoms with Crippen molar-refractivity contribution in [3.8, 4) is 0 Å². The van der Waals surface area contributed by atoms with Crippen molar-refractivity contribution < 1.29 is 19.1 Å². The molecule has 4 nitrogen and oxygen atoms in total. The molecule has 0 aliphatic carbocycles. The zero-order valence-corrected chi connectivity index (χ0v) is 17.0. The van der Waals surface area contributed by atoms with Gasteiger partial charge in [0.25, 0.3) is 0 Å². The van der Waals surface area contributed by atoms with Gasteiger partial charge >= 0.3 is 11.9 Å². The van der Waals surface area contributed by atoms with Gasteiger partial charge in [-0.25, -0.2) is 0 Å². The molecular formula is C21H40O4. The van der Waals surface area contributed by atoms with Crippen LogP contribution in [0.2, 0.25) is 0 Å². The predicted octanol–water partition coefficient (Wildman–Crippen LogP) is 5.68. The molecule has 0 aromatic heterocycles. The molecule has 0 radical (unpaired) electrons. The Hall–Kier alpha value is -1.06. The second-order valence-corrected chi connectivity index (χ2v) is 6.90. The first-order valence-electron chi connectivity index (χ1n) is 10.4. The molecule has 4 heteroatoms. The second-order valence-electron chi connectivity index (χ2n) is 6.90. The minimum absolute atomic E-state index is 0.159. The number of hydrogen-bond donors (Lipinski definition) is 0. The van der Waals surface area contributed by atoms with E-state index in [9.17, 15) is 9.59 Å². The fraction of sp³-hybridized carbons (Fsp3) is 0.905. The molecule has 0 bridgehead atoms. The van der Waals surface area contributed by atoms with Gasteiger partial charge in [-0.15, -0.1) is 0 Å². The molecule has 0 heterocycles. The van der Waals surface area contributed by atoms with Crippen molar-refractivity contribution in [2.24, 2.45) is 11.8 Å². The van der Waals surface area contributed by atoms with Crippen LogP contribution in [0.5, 0.6) is 0 Å². The van der Waals surface area contributed by atoms with Gasteiger partial charge in [-0.3, -0.25) is 9.59 Å². The van der Waals surface area contributed by atoms with Crippen LogP contribution < -0.4 is 0 Å². The fourth-order valence-electron chi connectivity index (χ4n) is 2.84. The van der Waals surface area contributed by atoms with Crippen molar-refractivity contribution in [1.29, 1.82) is 0 Å². The van der Waals surface area contributed by atoms with E-state index < -0.39 is 0 Å². The van der Waals surface area contributed by atoms with Crippen LogP contribution in [0, 0.1) is 11.8 Å². The Morgan fingerprint density at radius 2 is 1.04 bits per heavy atom. The predicted molar refractivity (Wildman–Crippen MR) is 102 cm³/mol. The molecule has 0 rings (SSSR count). The normalized spacial score (nSPS) is 13.3. The van der Waals surface area contributed by atoms with Crippen LogP contribution >= 0.6 is 0 Å². The van der Waals surface area contributed by atoms with Gasteiger partial charge in [0.05, 0.1) is 25.0 Å². The zero-order valence-electron chi connectivity index (χ0n) is 17.0. The number of rotatable bonds is 16. The van der Waals surface area contributed by atoms with Gasteiger partial charge in [0.2, 0.25) is 0 Å². The van der Waals surface area contributed by atoms with Crippen LogP contribution in [0.1, 0.15) is 98.3 Å². The fourth-order valence-corrected chi connectivity index (χ4v) is 2.84. The average molecular weight is 357 g/mol. The standard InChI is InChI=1S/C21H40O4/c1-5-9-11-13-15-24-20(22)18(7-3)17-19(8-4)21(23)25-16-14-12-10-6-2/h18-19H,5-17H2,1-4H3. The van der Waals surface area contributed by atoms with Gasteiger partial charge in [0.1, 0.15) is 0 Å². The second kappa shape index (κ2) is 16.4. The molecule has 148 valence electrons. The summed E-state index contributed by atoms with van der Waals surface area (Å²) in [6.45, 7) is 9.26. The highest BCUT2D eigenvalue weighted by molar-refractivity contribution is 5.76. The third-order valence-electron chi connectivity index (χ3n) is 4.71. The molecule has 0 saturated heterocycles. The van der Waals surface area contributed by atoms with Crippen molar-refractivity contribution in [2.75, 3.05) is 13.2 Å². The third-order valence-corrected chi connectivity index (χ3v) is 4.71. The average Bonchev–Trinajstić information content (AvgIpc) is 2.62. The number of ether oxygens (including phenoxy) is 2. The lowest BCUT2D eigenvalue weighted by Crippen LogP contribution is -2.26. The minimum Gasteiger partial charge on any atom is -0.465 e. The quantitative estimate of drug-likeness (QED) is 0.264. The Morgan fingerprint density at radius 3 is 1.36 bits per heavy atom. The van der Waals surface area contributed by atoms with Crippen molar-refractivity contribution in [3.63, 3.8) is 0 Å². The van der Waals surface area contributed by atoms with Gasteiger partial charge in [-0.05, 0) is 32.1 Å². The topological polar surface area (TPSA) is 52.6 Å². The summed E-state index contributed by atoms with van der Waals surface area (Å²) in [7, 11) is 0. The summed E-state index contributed by atoms with van der Waals surface area (Å²) in [4.78, 5) is 24.5. The molecule has 2 unspecified atom stereocenters. The molecule has 0 fully saturated rings. The summed E-state index contributed by atoms with van der Waals surface area (Å²) in [5.41, 5.74) is 0. The van der Waals surface area contributed by atoms with E-state index >= 15 is 0 Å². The van der Waals surface area contributed by atoms with E-state index in [2.05, 4.69) is 13.8 Å². The largest absolute Gasteiger partial charge is 0.465 e. The molecule has 0 aromatic rings. The summed E-state index contributed by atoms with van der Waals surface area (Å²) in [5, 5.41) is 0. The monoisotopic (exact) mass is 356 g/mol. The van der Waals surface area contributed by atoms with E-state index in [-0.39, 0.29) is 23.8 Å². The summed E-state index contributed by atoms with van der Waals surface area (Å²) in [5.74, 6) is -0.728. The summed E-state index contributed by atoms with van der Waals surface area (Å²) in [6, 6.07) is 0. The van der Waals surface area contributed by atoms with Crippen molar-refractivity contribution in [1.82, 2.24) is 0 Å². The molecule has 0 saturated carbocycles. The Bertz CT molecular complexity index is 309. The number of unbranched alkanes of at least 4 members (excludes halogenated alkanes) is 6. The molecule has 0 aromatic carbocycles. The van der Waals surface area contributed by atoms with E-state index in [0.717, 1.165) is 25.7 Å². The number of carbonyl (C=O) groups is 2. The van der Waals surface area contributed by atoms with Crippen molar-refractivity contribution in [2.45, 2.75) is 98.3 Å². The van der Waals surface area contributed by atoms with Crippen LogP contribution in [0.15, 0.2) is 0 Å². The smallest absolute Gasteiger partial charge is 0.308 e. The molecular weight excluding hydrogens is 316 g/mol. The maximum atomic E-state index is 12.2. The SMILES string of the molecule is CCCCCCOC(=O)C(CC)CC(CC)C(=O)OCCCCCC. The lowest BCUT2D eigenvalue weighted by Gasteiger charge is -2.20. The molecule has 25 heavy (non-hydrogen) atoms. The van der Waals surface area contributed by atoms with Gasteiger partial charge < -0.3 is 9.47 Å². The maximum Gasteiger partial charge on any atom is 0.308 e. The van der Waals surface area contributed by atoms with Gasteiger partial charge in [-0.1, -0.05) is 66.2 Å². The molecule has 0 amide bonds. The van der Waals surface area contributed by atoms with Crippen LogP contribution in [-0.4, -0.2) is 25.2 Å². The van der Waals surface area contributed by atoms with Gasteiger partial charge in [0, 0.05) is 0 Å². The van der Waals surface area contributed by atoms with E-state index in [1.807, 2.05) is 13.8 Å². The minimum atomic E-state index is -0.205. The molecule has 0 spiro atoms. The Morgan fingerprint density at radius 1 is 0.640 bits per heavy atom. The lowest BCUT2D eigenvalue weighted by atomic mass is 9.91. The first-order chi connectivity index (χ1) is 12.1. The lowest BCUT2D eigenvalue weighted by molar-refractivity contribution is -0.153. The van der Waals surface area contributed by atoms with Crippen LogP contribution in [0.25, 0.3) is 0 Å². The number of carbonyl (C=O) groups excluding carboxylic acids is 2. The first-order valence-corrected chi connectivity index (χ1v) is 10.4. The number of esters is 2. The third kappa shape index (κ3) is 12.0. The Balaban J connectivity index is 4.20. The molecule has 0 aliphatic heterocycles.